The van der Waals surface area contributed by atoms with Crippen molar-refractivity contribution < 1.29 is 0 Å². The highest BCUT2D eigenvalue weighted by Gasteiger charge is 2.19. The molecule has 0 saturated carbocycles. The lowest BCUT2D eigenvalue weighted by Crippen LogP contribution is -2.04. The number of nitrogens with one attached hydrogen (secondary N) is 1. The van der Waals surface area contributed by atoms with Gasteiger partial charge in [0, 0.05) is 33.6 Å². The van der Waals surface area contributed by atoms with Gasteiger partial charge in [-0.05, 0) is 81.5 Å². The van der Waals surface area contributed by atoms with Crippen LogP contribution in [0.3, 0.4) is 0 Å². The van der Waals surface area contributed by atoms with Crippen molar-refractivity contribution in [1.82, 2.24) is 4.57 Å². The molecule has 7 aromatic rings. The Morgan fingerprint density at radius 2 is 0.968 bits per heavy atom. The van der Waals surface area contributed by atoms with Gasteiger partial charge in [-0.3, -0.25) is 0 Å². The van der Waals surface area contributed by atoms with Crippen LogP contribution in [0.25, 0.3) is 33.6 Å². The van der Waals surface area contributed by atoms with E-state index in [1.807, 2.05) is 20.8 Å². The minimum absolute atomic E-state index is 0.168. The number of rotatable bonds is 9. The van der Waals surface area contributed by atoms with Crippen molar-refractivity contribution in [3.8, 4) is 5.69 Å². The summed E-state index contributed by atoms with van der Waals surface area (Å²) in [6, 6.07) is 54.4. The van der Waals surface area contributed by atoms with Gasteiger partial charge >= 0.3 is 0 Å². The molecule has 0 aliphatic rings. The average Bonchev–Trinajstić information content (AvgIpc) is 3.69. The number of allylic oxidation sites excluding steroid dienone is 5. The SMILES string of the molecule is C=C.C=CC=C.C=CC=C.CC.CC(C)=Cc1ccc2c3ccccc3n(-c3ccccc3)c2c1Nc1ccc(C(c2ccccc2)c2ccccc2)cc1.CCN.CN.CN. The van der Waals surface area contributed by atoms with Gasteiger partial charge in [0.15, 0.2) is 0 Å². The van der Waals surface area contributed by atoms with Crippen molar-refractivity contribution in [2.45, 2.75) is 40.5 Å². The first-order valence-electron chi connectivity index (χ1n) is 21.0. The molecule has 0 spiro atoms. The number of hydrogen-bond donors (Lipinski definition) is 4. The van der Waals surface area contributed by atoms with Gasteiger partial charge in [0.25, 0.3) is 0 Å². The topological polar surface area (TPSA) is 95.0 Å². The summed E-state index contributed by atoms with van der Waals surface area (Å²) in [6.45, 7) is 30.4. The molecule has 5 nitrogen and oxygen atoms in total. The van der Waals surface area contributed by atoms with E-state index in [9.17, 15) is 0 Å². The van der Waals surface area contributed by atoms with E-state index < -0.39 is 0 Å². The Bertz CT molecular complexity index is 2220. The Morgan fingerprint density at radius 1 is 0.565 bits per heavy atom. The standard InChI is InChI=1S/C41H34N2.2C4H6.C2H7N.C2H6.C2H4.2CH5N/c1-29(2)28-33-24-27-37-36-20-12-13-21-38(36)43(35-18-10-5-11-19-35)41(37)40(33)42-34-25-22-32(23-26-34)39(30-14-6-3-7-15-30)31-16-8-4-9-17-31;2*1-3-4-2;1-2-3;4*1-2/h3-28,39,42H,1-2H3;2*3-4H,1-2H2;2-3H2,1H3;1-2H3;1-2H2;2*2H2,1H3. The number of aromatic nitrogens is 1. The number of hydrogen-bond acceptors (Lipinski definition) is 4. The summed E-state index contributed by atoms with van der Waals surface area (Å²) in [5, 5.41) is 6.35. The Labute approximate surface area is 375 Å². The molecule has 0 radical (unpaired) electrons. The summed E-state index contributed by atoms with van der Waals surface area (Å²) >= 11 is 0. The van der Waals surface area contributed by atoms with Crippen LogP contribution in [0.4, 0.5) is 11.4 Å². The Balaban J connectivity index is 0.00000170. The van der Waals surface area contributed by atoms with Crippen LogP contribution >= 0.6 is 0 Å². The van der Waals surface area contributed by atoms with Crippen LogP contribution in [0.15, 0.2) is 221 Å². The molecule has 0 aliphatic carbocycles. The quantitative estimate of drug-likeness (QED) is 0.0662. The molecular weight excluding hydrogens is 755 g/mol. The van der Waals surface area contributed by atoms with E-state index in [-0.39, 0.29) is 5.92 Å². The van der Waals surface area contributed by atoms with Crippen molar-refractivity contribution in [3.05, 3.63) is 243 Å². The van der Waals surface area contributed by atoms with Crippen molar-refractivity contribution in [1.29, 1.82) is 0 Å². The Morgan fingerprint density at radius 3 is 1.40 bits per heavy atom. The number of nitrogens with zero attached hydrogens (tertiary/aromatic N) is 1. The normalized spacial score (nSPS) is 9.08. The Kier molecular flexibility index (Phi) is 30.3. The zero-order valence-corrected chi connectivity index (χ0v) is 38.5. The van der Waals surface area contributed by atoms with Crippen LogP contribution in [-0.2, 0) is 0 Å². The van der Waals surface area contributed by atoms with Gasteiger partial charge in [-0.2, -0.15) is 0 Å². The molecule has 0 bridgehead atoms. The zero-order chi connectivity index (χ0) is 46.7. The van der Waals surface area contributed by atoms with Crippen LogP contribution in [0, 0.1) is 0 Å². The molecule has 62 heavy (non-hydrogen) atoms. The molecule has 0 atom stereocenters. The van der Waals surface area contributed by atoms with Crippen LogP contribution in [0.1, 0.15) is 62.8 Å². The molecule has 0 unspecified atom stereocenters. The van der Waals surface area contributed by atoms with Crippen LogP contribution < -0.4 is 22.5 Å². The van der Waals surface area contributed by atoms with Crippen LogP contribution in [0.5, 0.6) is 0 Å². The minimum atomic E-state index is 0.168. The lowest BCUT2D eigenvalue weighted by atomic mass is 9.85. The number of fused-ring (bicyclic) bond motifs is 3. The maximum absolute atomic E-state index is 4.85. The molecule has 1 aromatic heterocycles. The lowest BCUT2D eigenvalue weighted by molar-refractivity contribution is 0.978. The maximum atomic E-state index is 4.85. The highest BCUT2D eigenvalue weighted by Crippen LogP contribution is 2.40. The molecule has 7 rings (SSSR count). The summed E-state index contributed by atoms with van der Waals surface area (Å²) < 4.78 is 2.39. The van der Waals surface area contributed by atoms with E-state index in [2.05, 4.69) is 232 Å². The predicted octanol–water partition coefficient (Wildman–Crippen LogP) is 14.8. The summed E-state index contributed by atoms with van der Waals surface area (Å²) in [5.41, 5.74) is 25.8. The smallest absolute Gasteiger partial charge is 0.0782 e. The predicted molar refractivity (Wildman–Crippen MR) is 282 cm³/mol. The van der Waals surface area contributed by atoms with Gasteiger partial charge in [0.2, 0.25) is 0 Å². The molecule has 326 valence electrons. The van der Waals surface area contributed by atoms with Crippen molar-refractivity contribution in [2.24, 2.45) is 17.2 Å². The van der Waals surface area contributed by atoms with Gasteiger partial charge < -0.3 is 27.1 Å². The minimum Gasteiger partial charge on any atom is -0.353 e. The average molecular weight is 828 g/mol. The summed E-state index contributed by atoms with van der Waals surface area (Å²) in [7, 11) is 3.00. The third kappa shape index (κ3) is 16.7. The molecule has 0 amide bonds. The highest BCUT2D eigenvalue weighted by molar-refractivity contribution is 6.14. The largest absolute Gasteiger partial charge is 0.353 e. The second kappa shape index (κ2) is 34.0. The van der Waals surface area contributed by atoms with E-state index >= 15 is 0 Å². The van der Waals surface area contributed by atoms with E-state index in [0.29, 0.717) is 0 Å². The fourth-order valence-corrected chi connectivity index (χ4v) is 6.25. The van der Waals surface area contributed by atoms with E-state index in [1.54, 1.807) is 24.3 Å². The maximum Gasteiger partial charge on any atom is 0.0782 e. The molecule has 1 heterocycles. The van der Waals surface area contributed by atoms with E-state index in [4.69, 9.17) is 5.73 Å². The molecule has 7 N–H and O–H groups in total. The van der Waals surface area contributed by atoms with Gasteiger partial charge in [-0.15, -0.1) is 13.2 Å². The molecule has 0 saturated heterocycles. The highest BCUT2D eigenvalue weighted by atomic mass is 15.0. The molecule has 0 aliphatic heterocycles. The summed E-state index contributed by atoms with van der Waals surface area (Å²) in [6.07, 6.45) is 8.82. The van der Waals surface area contributed by atoms with Crippen LogP contribution in [-0.4, -0.2) is 25.2 Å². The first kappa shape index (κ1) is 55.2. The third-order valence-corrected chi connectivity index (χ3v) is 8.44. The number of para-hydroxylation sites is 2. The monoisotopic (exact) mass is 828 g/mol. The Hall–Kier alpha value is -6.76. The van der Waals surface area contributed by atoms with E-state index in [1.165, 1.54) is 63.7 Å². The van der Waals surface area contributed by atoms with E-state index in [0.717, 1.165) is 23.6 Å². The second-order valence-electron chi connectivity index (χ2n) is 12.7. The number of benzene rings is 6. The van der Waals surface area contributed by atoms with Crippen LogP contribution in [0.2, 0.25) is 0 Å². The number of anilines is 2. The zero-order valence-electron chi connectivity index (χ0n) is 38.5. The van der Waals surface area contributed by atoms with Gasteiger partial charge in [-0.1, -0.05) is 204 Å². The fourth-order valence-electron chi connectivity index (χ4n) is 6.25. The second-order valence-corrected chi connectivity index (χ2v) is 12.7. The molecule has 0 fully saturated rings. The van der Waals surface area contributed by atoms with Crippen molar-refractivity contribution >= 4 is 39.3 Å². The first-order valence-corrected chi connectivity index (χ1v) is 21.0. The summed E-state index contributed by atoms with van der Waals surface area (Å²) in [5.74, 6) is 0.168. The molecular formula is C57H73N5. The lowest BCUT2D eigenvalue weighted by Gasteiger charge is -2.20. The number of nitrogens with two attached hydrogens (primary N) is 3. The van der Waals surface area contributed by atoms with Gasteiger partial charge in [0.1, 0.15) is 0 Å². The summed E-state index contributed by atoms with van der Waals surface area (Å²) in [4.78, 5) is 0. The van der Waals surface area contributed by atoms with Gasteiger partial charge in [-0.25, -0.2) is 0 Å². The third-order valence-electron chi connectivity index (χ3n) is 8.44. The van der Waals surface area contributed by atoms with Crippen molar-refractivity contribution in [2.75, 3.05) is 26.0 Å². The fraction of sp³-hybridized carbons (Fsp3) is 0.158. The molecule has 6 aromatic carbocycles. The molecule has 5 heteroatoms. The first-order chi connectivity index (χ1) is 30.4. The van der Waals surface area contributed by atoms with Gasteiger partial charge in [0.05, 0.1) is 16.7 Å². The van der Waals surface area contributed by atoms with Crippen molar-refractivity contribution in [3.63, 3.8) is 0 Å².